The van der Waals surface area contributed by atoms with Crippen LogP contribution in [0.15, 0.2) is 57.9 Å². The summed E-state index contributed by atoms with van der Waals surface area (Å²) < 4.78 is 5.26. The molecule has 2 aromatic heterocycles. The van der Waals surface area contributed by atoms with Gasteiger partial charge in [-0.25, -0.2) is 4.79 Å². The highest BCUT2D eigenvalue weighted by molar-refractivity contribution is 6.03. The summed E-state index contributed by atoms with van der Waals surface area (Å²) in [4.78, 5) is 33.0. The fourth-order valence-electron chi connectivity index (χ4n) is 3.24. The number of nitrogens with one attached hydrogen (secondary N) is 2. The molecule has 1 fully saturated rings. The normalized spacial score (nSPS) is 14.1. The predicted molar refractivity (Wildman–Crippen MR) is 103 cm³/mol. The van der Waals surface area contributed by atoms with Crippen LogP contribution in [0.2, 0.25) is 0 Å². The van der Waals surface area contributed by atoms with E-state index in [9.17, 15) is 9.59 Å². The quantitative estimate of drug-likeness (QED) is 0.741. The Balaban J connectivity index is 1.50. The zero-order valence-corrected chi connectivity index (χ0v) is 14.8. The molecule has 0 spiro atoms. The standard InChI is InChI=1S/C20H20N4O3/c25-19(17-13-16(22-20(26)23-17)18-5-4-12-27-18)21-14-6-8-15(9-7-14)24-10-2-1-3-11-24/h4-9,12-13H,1-3,10-11H2,(H,21,25)(H,22,23,26). The van der Waals surface area contributed by atoms with Crippen molar-refractivity contribution in [3.05, 3.63) is 64.9 Å². The predicted octanol–water partition coefficient (Wildman–Crippen LogP) is 3.27. The highest BCUT2D eigenvalue weighted by Crippen LogP contribution is 2.22. The molecular weight excluding hydrogens is 344 g/mol. The third-order valence-electron chi connectivity index (χ3n) is 4.61. The lowest BCUT2D eigenvalue weighted by Gasteiger charge is -2.28. The van der Waals surface area contributed by atoms with Crippen molar-refractivity contribution >= 4 is 17.3 Å². The van der Waals surface area contributed by atoms with Gasteiger partial charge in [-0.3, -0.25) is 4.79 Å². The first kappa shape index (κ1) is 17.1. The second-order valence-electron chi connectivity index (χ2n) is 6.51. The SMILES string of the molecule is O=C(Nc1ccc(N2CCCCC2)cc1)c1cc(-c2ccco2)[nH]c(=O)n1. The molecular formula is C20H20N4O3. The van der Waals surface area contributed by atoms with E-state index in [2.05, 4.69) is 20.2 Å². The van der Waals surface area contributed by atoms with Crippen molar-refractivity contribution in [2.75, 3.05) is 23.3 Å². The number of rotatable bonds is 4. The highest BCUT2D eigenvalue weighted by Gasteiger charge is 2.14. The molecule has 2 N–H and O–H groups in total. The largest absolute Gasteiger partial charge is 0.463 e. The van der Waals surface area contributed by atoms with Gasteiger partial charge in [-0.1, -0.05) is 0 Å². The second kappa shape index (κ2) is 7.49. The molecule has 1 aliphatic rings. The van der Waals surface area contributed by atoms with Crippen LogP contribution in [0.5, 0.6) is 0 Å². The van der Waals surface area contributed by atoms with Gasteiger partial charge in [0.25, 0.3) is 5.91 Å². The van der Waals surface area contributed by atoms with E-state index < -0.39 is 11.6 Å². The van der Waals surface area contributed by atoms with Crippen LogP contribution < -0.4 is 15.9 Å². The number of piperidine rings is 1. The summed E-state index contributed by atoms with van der Waals surface area (Å²) in [6.07, 6.45) is 5.21. The number of carbonyl (C=O) groups excluding carboxylic acids is 1. The minimum absolute atomic E-state index is 0.0326. The number of carbonyl (C=O) groups is 1. The lowest BCUT2D eigenvalue weighted by Crippen LogP contribution is -2.29. The van der Waals surface area contributed by atoms with Gasteiger partial charge in [0, 0.05) is 24.5 Å². The highest BCUT2D eigenvalue weighted by atomic mass is 16.3. The maximum Gasteiger partial charge on any atom is 0.346 e. The van der Waals surface area contributed by atoms with Crippen LogP contribution >= 0.6 is 0 Å². The van der Waals surface area contributed by atoms with Crippen molar-refractivity contribution < 1.29 is 9.21 Å². The molecule has 3 aromatic rings. The smallest absolute Gasteiger partial charge is 0.346 e. The third kappa shape index (κ3) is 3.92. The van der Waals surface area contributed by atoms with Gasteiger partial charge in [-0.2, -0.15) is 4.98 Å². The molecule has 1 aromatic carbocycles. The van der Waals surface area contributed by atoms with Crippen LogP contribution in [0.3, 0.4) is 0 Å². The zero-order chi connectivity index (χ0) is 18.6. The Morgan fingerprint density at radius 2 is 1.89 bits per heavy atom. The molecule has 27 heavy (non-hydrogen) atoms. The summed E-state index contributed by atoms with van der Waals surface area (Å²) in [5, 5.41) is 2.78. The summed E-state index contributed by atoms with van der Waals surface area (Å²) in [6, 6.07) is 12.6. The molecule has 0 saturated carbocycles. The van der Waals surface area contributed by atoms with E-state index in [0.717, 1.165) is 18.8 Å². The van der Waals surface area contributed by atoms with E-state index in [1.54, 1.807) is 12.1 Å². The van der Waals surface area contributed by atoms with Crippen molar-refractivity contribution in [2.24, 2.45) is 0 Å². The minimum Gasteiger partial charge on any atom is -0.463 e. The van der Waals surface area contributed by atoms with E-state index in [-0.39, 0.29) is 5.69 Å². The Morgan fingerprint density at radius 1 is 1.11 bits per heavy atom. The molecule has 1 aliphatic heterocycles. The number of furan rings is 1. The Hall–Kier alpha value is -3.35. The van der Waals surface area contributed by atoms with Crippen LogP contribution in [-0.4, -0.2) is 29.0 Å². The summed E-state index contributed by atoms with van der Waals surface area (Å²) >= 11 is 0. The average molecular weight is 364 g/mol. The first-order valence-corrected chi connectivity index (χ1v) is 9.01. The number of H-pyrrole nitrogens is 1. The molecule has 0 bridgehead atoms. The van der Waals surface area contributed by atoms with Crippen LogP contribution in [0.4, 0.5) is 11.4 Å². The molecule has 0 radical (unpaired) electrons. The Kier molecular flexibility index (Phi) is 4.74. The van der Waals surface area contributed by atoms with Crippen molar-refractivity contribution in [2.45, 2.75) is 19.3 Å². The second-order valence-corrected chi connectivity index (χ2v) is 6.51. The van der Waals surface area contributed by atoms with Crippen molar-refractivity contribution in [1.82, 2.24) is 9.97 Å². The number of hydrogen-bond acceptors (Lipinski definition) is 5. The zero-order valence-electron chi connectivity index (χ0n) is 14.8. The van der Waals surface area contributed by atoms with Crippen molar-refractivity contribution in [1.29, 1.82) is 0 Å². The maximum atomic E-state index is 12.5. The third-order valence-corrected chi connectivity index (χ3v) is 4.61. The average Bonchev–Trinajstić information content (AvgIpc) is 3.24. The number of aromatic amines is 1. The van der Waals surface area contributed by atoms with Gasteiger partial charge in [0.2, 0.25) is 0 Å². The summed E-state index contributed by atoms with van der Waals surface area (Å²) in [7, 11) is 0. The number of benzene rings is 1. The topological polar surface area (TPSA) is 91.2 Å². The Bertz CT molecular complexity index is 971. The van der Waals surface area contributed by atoms with Crippen molar-refractivity contribution in [3.63, 3.8) is 0 Å². The summed E-state index contributed by atoms with van der Waals surface area (Å²) in [5.74, 6) is 0.0223. The van der Waals surface area contributed by atoms with Gasteiger partial charge in [-0.15, -0.1) is 0 Å². The Labute approximate surface area is 156 Å². The van der Waals surface area contributed by atoms with E-state index >= 15 is 0 Å². The molecule has 0 unspecified atom stereocenters. The van der Waals surface area contributed by atoms with Gasteiger partial charge in [-0.05, 0) is 61.7 Å². The Morgan fingerprint density at radius 3 is 2.59 bits per heavy atom. The van der Waals surface area contributed by atoms with Gasteiger partial charge < -0.3 is 19.6 Å². The van der Waals surface area contributed by atoms with E-state index in [0.29, 0.717) is 17.1 Å². The molecule has 7 nitrogen and oxygen atoms in total. The van der Waals surface area contributed by atoms with E-state index in [1.165, 1.54) is 31.6 Å². The molecule has 0 atom stereocenters. The molecule has 0 aliphatic carbocycles. The molecule has 138 valence electrons. The van der Waals surface area contributed by atoms with Crippen LogP contribution in [0, 0.1) is 0 Å². The number of amides is 1. The first-order chi connectivity index (χ1) is 13.2. The van der Waals surface area contributed by atoms with Crippen LogP contribution in [0.25, 0.3) is 11.5 Å². The van der Waals surface area contributed by atoms with Crippen LogP contribution in [-0.2, 0) is 0 Å². The number of nitrogens with zero attached hydrogens (tertiary/aromatic N) is 2. The van der Waals surface area contributed by atoms with Gasteiger partial charge in [0.05, 0.1) is 12.0 Å². The molecule has 1 saturated heterocycles. The lowest BCUT2D eigenvalue weighted by molar-refractivity contribution is 0.102. The van der Waals surface area contributed by atoms with Gasteiger partial charge >= 0.3 is 5.69 Å². The number of hydrogen-bond donors (Lipinski definition) is 2. The van der Waals surface area contributed by atoms with E-state index in [1.807, 2.05) is 24.3 Å². The molecule has 3 heterocycles. The number of anilines is 2. The lowest BCUT2D eigenvalue weighted by atomic mass is 10.1. The monoisotopic (exact) mass is 364 g/mol. The van der Waals surface area contributed by atoms with Gasteiger partial charge in [0.1, 0.15) is 11.5 Å². The fourth-order valence-corrected chi connectivity index (χ4v) is 3.24. The van der Waals surface area contributed by atoms with Crippen molar-refractivity contribution in [3.8, 4) is 11.5 Å². The van der Waals surface area contributed by atoms with Gasteiger partial charge in [0.15, 0.2) is 0 Å². The number of aromatic nitrogens is 2. The summed E-state index contributed by atoms with van der Waals surface area (Å²) in [5.41, 5.74) is 1.65. The molecule has 7 heteroatoms. The molecule has 1 amide bonds. The first-order valence-electron chi connectivity index (χ1n) is 9.01. The summed E-state index contributed by atoms with van der Waals surface area (Å²) in [6.45, 7) is 2.13. The fraction of sp³-hybridized carbons (Fsp3) is 0.250. The van der Waals surface area contributed by atoms with Crippen LogP contribution in [0.1, 0.15) is 29.8 Å². The van der Waals surface area contributed by atoms with E-state index in [4.69, 9.17) is 4.42 Å². The minimum atomic E-state index is -0.602. The maximum absolute atomic E-state index is 12.5. The molecule has 4 rings (SSSR count).